The van der Waals surface area contributed by atoms with Gasteiger partial charge in [0, 0.05) is 12.4 Å². The van der Waals surface area contributed by atoms with E-state index in [1.807, 2.05) is 0 Å². The van der Waals surface area contributed by atoms with Crippen LogP contribution in [0.4, 0.5) is 13.2 Å². The van der Waals surface area contributed by atoms with Crippen LogP contribution in [0.2, 0.25) is 5.28 Å². The van der Waals surface area contributed by atoms with Crippen LogP contribution in [-0.4, -0.2) is 43.3 Å². The molecule has 0 aliphatic heterocycles. The third-order valence-electron chi connectivity index (χ3n) is 4.29. The molecule has 0 aromatic carbocycles. The first-order chi connectivity index (χ1) is 14.1. The SMILES string of the molecule is CCS(=O)(=O)c1ccc(-n2cnc(Cl)n2)nc1-c1cn2ccc(C(F)(F)F)cc2n1. The molecule has 4 aromatic rings. The van der Waals surface area contributed by atoms with Crippen molar-refractivity contribution < 1.29 is 21.6 Å². The van der Waals surface area contributed by atoms with Crippen molar-refractivity contribution in [3.63, 3.8) is 0 Å². The zero-order valence-corrected chi connectivity index (χ0v) is 16.7. The van der Waals surface area contributed by atoms with E-state index in [-0.39, 0.29) is 38.8 Å². The van der Waals surface area contributed by atoms with Crippen LogP contribution in [-0.2, 0) is 16.0 Å². The van der Waals surface area contributed by atoms with Crippen molar-refractivity contribution in [3.8, 4) is 17.2 Å². The third-order valence-corrected chi connectivity index (χ3v) is 6.22. The molecule has 4 rings (SSSR count). The fraction of sp³-hybridized carbons (Fsp3) is 0.176. The average molecular weight is 457 g/mol. The van der Waals surface area contributed by atoms with Crippen LogP contribution in [0, 0.1) is 0 Å². The Morgan fingerprint density at radius 1 is 1.17 bits per heavy atom. The number of rotatable bonds is 4. The van der Waals surface area contributed by atoms with E-state index in [1.165, 1.54) is 46.9 Å². The molecule has 0 unspecified atom stereocenters. The zero-order valence-electron chi connectivity index (χ0n) is 15.2. The van der Waals surface area contributed by atoms with Gasteiger partial charge in [-0.15, -0.1) is 5.10 Å². The largest absolute Gasteiger partial charge is 0.416 e. The van der Waals surface area contributed by atoms with Gasteiger partial charge in [-0.2, -0.15) is 13.2 Å². The fourth-order valence-corrected chi connectivity index (χ4v) is 3.94. The molecule has 156 valence electrons. The quantitative estimate of drug-likeness (QED) is 0.467. The maximum Gasteiger partial charge on any atom is 0.416 e. The molecule has 4 aromatic heterocycles. The first-order valence-corrected chi connectivity index (χ1v) is 10.5. The Hall–Kier alpha value is -2.99. The Labute approximate surface area is 172 Å². The summed E-state index contributed by atoms with van der Waals surface area (Å²) >= 11 is 5.72. The summed E-state index contributed by atoms with van der Waals surface area (Å²) in [7, 11) is -3.70. The van der Waals surface area contributed by atoms with Gasteiger partial charge in [0.15, 0.2) is 15.7 Å². The minimum Gasteiger partial charge on any atom is -0.306 e. The fourth-order valence-electron chi connectivity index (χ4n) is 2.78. The van der Waals surface area contributed by atoms with Crippen LogP contribution in [0.5, 0.6) is 0 Å². The van der Waals surface area contributed by atoms with E-state index < -0.39 is 21.6 Å². The number of imidazole rings is 1. The lowest BCUT2D eigenvalue weighted by Gasteiger charge is -2.09. The van der Waals surface area contributed by atoms with Gasteiger partial charge in [0.25, 0.3) is 0 Å². The average Bonchev–Trinajstić information content (AvgIpc) is 3.32. The lowest BCUT2D eigenvalue weighted by molar-refractivity contribution is -0.137. The van der Waals surface area contributed by atoms with Crippen molar-refractivity contribution in [1.29, 1.82) is 0 Å². The van der Waals surface area contributed by atoms with Gasteiger partial charge < -0.3 is 4.40 Å². The highest BCUT2D eigenvalue weighted by atomic mass is 35.5. The summed E-state index contributed by atoms with van der Waals surface area (Å²) in [6.07, 6.45) is -0.634. The van der Waals surface area contributed by atoms with Crippen LogP contribution in [0.15, 0.2) is 47.9 Å². The van der Waals surface area contributed by atoms with Crippen molar-refractivity contribution in [2.75, 3.05) is 5.75 Å². The lowest BCUT2D eigenvalue weighted by atomic mass is 10.2. The molecule has 0 saturated carbocycles. The predicted octanol–water partition coefficient (Wildman–Crippen LogP) is 3.44. The molecule has 0 atom stereocenters. The number of sulfone groups is 1. The van der Waals surface area contributed by atoms with E-state index in [4.69, 9.17) is 11.6 Å². The van der Waals surface area contributed by atoms with E-state index in [2.05, 4.69) is 20.1 Å². The number of nitrogens with zero attached hydrogens (tertiary/aromatic N) is 6. The topological polar surface area (TPSA) is 95.0 Å². The van der Waals surface area contributed by atoms with Gasteiger partial charge in [-0.3, -0.25) is 0 Å². The molecule has 13 heteroatoms. The highest BCUT2D eigenvalue weighted by Crippen LogP contribution is 2.31. The molecule has 0 radical (unpaired) electrons. The normalized spacial score (nSPS) is 12.6. The lowest BCUT2D eigenvalue weighted by Crippen LogP contribution is -2.09. The Morgan fingerprint density at radius 3 is 2.57 bits per heavy atom. The van der Waals surface area contributed by atoms with Crippen LogP contribution in [0.3, 0.4) is 0 Å². The molecule has 0 aliphatic carbocycles. The Bertz CT molecular complexity index is 1360. The minimum atomic E-state index is -4.53. The number of halogens is 4. The van der Waals surface area contributed by atoms with Gasteiger partial charge in [0.05, 0.1) is 16.2 Å². The van der Waals surface area contributed by atoms with Gasteiger partial charge in [-0.1, -0.05) is 6.92 Å². The van der Waals surface area contributed by atoms with Gasteiger partial charge in [0.1, 0.15) is 23.4 Å². The summed E-state index contributed by atoms with van der Waals surface area (Å²) in [6, 6.07) is 4.55. The zero-order chi connectivity index (χ0) is 21.7. The third kappa shape index (κ3) is 3.63. The minimum absolute atomic E-state index is 0.00400. The van der Waals surface area contributed by atoms with Crippen LogP contribution in [0.25, 0.3) is 22.9 Å². The molecule has 0 spiro atoms. The number of aromatic nitrogens is 6. The second-order valence-electron chi connectivity index (χ2n) is 6.18. The molecule has 0 bridgehead atoms. The molecule has 0 amide bonds. The van der Waals surface area contributed by atoms with Crippen molar-refractivity contribution in [1.82, 2.24) is 29.1 Å². The van der Waals surface area contributed by atoms with Gasteiger partial charge in [-0.25, -0.2) is 28.1 Å². The first-order valence-electron chi connectivity index (χ1n) is 8.46. The summed E-state index contributed by atoms with van der Waals surface area (Å²) in [5.74, 6) is 0.0226. The Morgan fingerprint density at radius 2 is 1.93 bits per heavy atom. The first kappa shape index (κ1) is 20.3. The van der Waals surface area contributed by atoms with Crippen molar-refractivity contribution in [3.05, 3.63) is 53.8 Å². The van der Waals surface area contributed by atoms with Crippen molar-refractivity contribution >= 4 is 27.1 Å². The van der Waals surface area contributed by atoms with Crippen molar-refractivity contribution in [2.45, 2.75) is 18.0 Å². The molecule has 4 heterocycles. The molecule has 0 N–H and O–H groups in total. The van der Waals surface area contributed by atoms with Gasteiger partial charge in [-0.05, 0) is 35.9 Å². The highest BCUT2D eigenvalue weighted by Gasteiger charge is 2.31. The Balaban J connectivity index is 1.93. The maximum absolute atomic E-state index is 13.0. The molecular weight excluding hydrogens is 445 g/mol. The van der Waals surface area contributed by atoms with E-state index in [9.17, 15) is 21.6 Å². The molecule has 0 aliphatic rings. The molecule has 8 nitrogen and oxygen atoms in total. The molecule has 0 saturated heterocycles. The van der Waals surface area contributed by atoms with Gasteiger partial charge in [0.2, 0.25) is 5.28 Å². The summed E-state index contributed by atoms with van der Waals surface area (Å²) < 4.78 is 66.7. The van der Waals surface area contributed by atoms with E-state index in [1.54, 1.807) is 0 Å². The molecular formula is C17H12ClF3N6O2S. The summed E-state index contributed by atoms with van der Waals surface area (Å²) in [6.45, 7) is 1.48. The Kier molecular flexibility index (Phi) is 4.77. The highest BCUT2D eigenvalue weighted by molar-refractivity contribution is 7.91. The molecule has 0 fully saturated rings. The van der Waals surface area contributed by atoms with E-state index in [0.29, 0.717) is 0 Å². The monoisotopic (exact) mass is 456 g/mol. The van der Waals surface area contributed by atoms with Gasteiger partial charge >= 0.3 is 6.18 Å². The standard InChI is InChI=1S/C17H12ClF3N6O2S/c1-2-30(28,29)12-3-4-13(27-9-22-16(18)25-27)24-15(12)11-8-26-6-5-10(17(19,20)21)7-14(26)23-11/h3-9H,2H2,1H3. The van der Waals surface area contributed by atoms with E-state index >= 15 is 0 Å². The number of pyridine rings is 2. The number of alkyl halides is 3. The number of hydrogen-bond acceptors (Lipinski definition) is 6. The van der Waals surface area contributed by atoms with Crippen LogP contribution < -0.4 is 0 Å². The second kappa shape index (κ2) is 7.06. The van der Waals surface area contributed by atoms with Crippen molar-refractivity contribution in [2.24, 2.45) is 0 Å². The summed E-state index contributed by atoms with van der Waals surface area (Å²) in [5.41, 5.74) is -0.796. The van der Waals surface area contributed by atoms with E-state index in [0.717, 1.165) is 12.1 Å². The van der Waals surface area contributed by atoms with Crippen LogP contribution in [0.1, 0.15) is 12.5 Å². The number of fused-ring (bicyclic) bond motifs is 1. The smallest absolute Gasteiger partial charge is 0.306 e. The van der Waals surface area contributed by atoms with Crippen LogP contribution >= 0.6 is 11.6 Å². The summed E-state index contributed by atoms with van der Waals surface area (Å²) in [4.78, 5) is 12.2. The molecule has 30 heavy (non-hydrogen) atoms. The second-order valence-corrected chi connectivity index (χ2v) is 8.77. The predicted molar refractivity (Wildman–Crippen MR) is 101 cm³/mol. The number of hydrogen-bond donors (Lipinski definition) is 0. The summed E-state index contributed by atoms with van der Waals surface area (Å²) in [5, 5.41) is 3.89. The maximum atomic E-state index is 13.0.